The molecule has 2 atom stereocenters. The van der Waals surface area contributed by atoms with Crippen molar-refractivity contribution in [2.75, 3.05) is 6.54 Å². The third kappa shape index (κ3) is 2.00. The lowest BCUT2D eigenvalue weighted by Crippen LogP contribution is -2.36. The molecule has 0 spiro atoms. The normalized spacial score (nSPS) is 33.2. The summed E-state index contributed by atoms with van der Waals surface area (Å²) >= 11 is 0. The molecule has 0 amide bonds. The number of nitriles is 1. The van der Waals surface area contributed by atoms with Crippen LogP contribution in [0.1, 0.15) is 26.2 Å². The van der Waals surface area contributed by atoms with Crippen LogP contribution in [0.25, 0.3) is 0 Å². The van der Waals surface area contributed by atoms with Crippen LogP contribution in [0.15, 0.2) is 0 Å². The molecule has 0 bridgehead atoms. The quantitative estimate of drug-likeness (QED) is 0.592. The van der Waals surface area contributed by atoms with Crippen LogP contribution in [0.5, 0.6) is 0 Å². The van der Waals surface area contributed by atoms with Crippen molar-refractivity contribution >= 4 is 0 Å². The maximum absolute atomic E-state index is 8.41. The Kier molecular flexibility index (Phi) is 2.70. The zero-order valence-electron chi connectivity index (χ0n) is 6.43. The first kappa shape index (κ1) is 7.56. The summed E-state index contributed by atoms with van der Waals surface area (Å²) in [6, 6.07) is 2.87. The minimum atomic E-state index is 0.612. The molecule has 2 nitrogen and oxygen atoms in total. The molecule has 1 heterocycles. The monoisotopic (exact) mass is 138 g/mol. The van der Waals surface area contributed by atoms with E-state index in [9.17, 15) is 0 Å². The minimum Gasteiger partial charge on any atom is -0.314 e. The smallest absolute Gasteiger partial charge is 0.0625 e. The molecular formula is C8H14N2. The van der Waals surface area contributed by atoms with Crippen molar-refractivity contribution in [1.82, 2.24) is 5.32 Å². The molecule has 1 fully saturated rings. The number of nitrogens with zero attached hydrogens (tertiary/aromatic N) is 1. The molecule has 1 N–H and O–H groups in total. The average molecular weight is 138 g/mol. The van der Waals surface area contributed by atoms with Crippen molar-refractivity contribution in [3.63, 3.8) is 0 Å². The van der Waals surface area contributed by atoms with Crippen LogP contribution in [0.4, 0.5) is 0 Å². The first-order chi connectivity index (χ1) is 4.83. The summed E-state index contributed by atoms with van der Waals surface area (Å²) in [6.45, 7) is 3.23. The molecular weight excluding hydrogens is 124 g/mol. The predicted molar refractivity (Wildman–Crippen MR) is 40.4 cm³/mol. The Labute approximate surface area is 62.2 Å². The van der Waals surface area contributed by atoms with E-state index in [1.54, 1.807) is 0 Å². The number of hydrogen-bond acceptors (Lipinski definition) is 2. The van der Waals surface area contributed by atoms with Gasteiger partial charge in [-0.05, 0) is 32.2 Å². The van der Waals surface area contributed by atoms with Gasteiger partial charge in [-0.2, -0.15) is 5.26 Å². The van der Waals surface area contributed by atoms with Crippen molar-refractivity contribution in [3.8, 4) is 6.07 Å². The first-order valence-electron chi connectivity index (χ1n) is 3.93. The highest BCUT2D eigenvalue weighted by molar-refractivity contribution is 4.82. The highest BCUT2D eigenvalue weighted by Gasteiger charge is 2.16. The van der Waals surface area contributed by atoms with Gasteiger partial charge in [0, 0.05) is 12.5 Å². The summed E-state index contributed by atoms with van der Waals surface area (Å²) in [4.78, 5) is 0. The van der Waals surface area contributed by atoms with Crippen molar-refractivity contribution in [3.05, 3.63) is 0 Å². The van der Waals surface area contributed by atoms with E-state index in [-0.39, 0.29) is 0 Å². The average Bonchev–Trinajstić information content (AvgIpc) is 1.95. The predicted octanol–water partition coefficient (Wildman–Crippen LogP) is 1.29. The molecule has 1 aliphatic rings. The minimum absolute atomic E-state index is 0.612. The van der Waals surface area contributed by atoms with Gasteiger partial charge in [0.1, 0.15) is 0 Å². The molecule has 0 aromatic carbocycles. The van der Waals surface area contributed by atoms with Gasteiger partial charge in [0.25, 0.3) is 0 Å². The topological polar surface area (TPSA) is 35.8 Å². The Morgan fingerprint density at radius 1 is 1.60 bits per heavy atom. The van der Waals surface area contributed by atoms with Crippen molar-refractivity contribution in [1.29, 1.82) is 5.26 Å². The van der Waals surface area contributed by atoms with Crippen LogP contribution in [0, 0.1) is 17.2 Å². The summed E-state index contributed by atoms with van der Waals surface area (Å²) < 4.78 is 0. The SMILES string of the molecule is CC1CC[C@H](CC#N)CN1. The largest absolute Gasteiger partial charge is 0.314 e. The summed E-state index contributed by atoms with van der Waals surface area (Å²) in [5.74, 6) is 0.612. The lowest BCUT2D eigenvalue weighted by Gasteiger charge is -2.25. The van der Waals surface area contributed by atoms with E-state index in [0.717, 1.165) is 13.0 Å². The number of rotatable bonds is 1. The zero-order valence-corrected chi connectivity index (χ0v) is 6.43. The lowest BCUT2D eigenvalue weighted by molar-refractivity contribution is 0.327. The molecule has 0 aromatic rings. The van der Waals surface area contributed by atoms with E-state index in [1.807, 2.05) is 0 Å². The van der Waals surface area contributed by atoms with Gasteiger partial charge in [-0.3, -0.25) is 0 Å². The van der Waals surface area contributed by atoms with Gasteiger partial charge in [-0.1, -0.05) is 0 Å². The molecule has 1 unspecified atom stereocenters. The number of piperidine rings is 1. The Morgan fingerprint density at radius 2 is 2.40 bits per heavy atom. The molecule has 56 valence electrons. The second kappa shape index (κ2) is 3.58. The molecule has 0 radical (unpaired) electrons. The fourth-order valence-electron chi connectivity index (χ4n) is 1.36. The summed E-state index contributed by atoms with van der Waals surface area (Å²) in [5, 5.41) is 11.8. The van der Waals surface area contributed by atoms with Crippen LogP contribution in [-0.2, 0) is 0 Å². The lowest BCUT2D eigenvalue weighted by atomic mass is 9.93. The Hall–Kier alpha value is -0.550. The van der Waals surface area contributed by atoms with Crippen LogP contribution in [-0.4, -0.2) is 12.6 Å². The summed E-state index contributed by atoms with van der Waals surface area (Å²) in [7, 11) is 0. The maximum Gasteiger partial charge on any atom is 0.0625 e. The molecule has 1 rings (SSSR count). The Balaban J connectivity index is 2.21. The standard InChI is InChI=1S/C8H14N2/c1-7-2-3-8(4-5-9)6-10-7/h7-8,10H,2-4,6H2,1H3/t7?,8-/m1/s1. The van der Waals surface area contributed by atoms with E-state index in [4.69, 9.17) is 5.26 Å². The first-order valence-corrected chi connectivity index (χ1v) is 3.93. The Morgan fingerprint density at radius 3 is 2.90 bits per heavy atom. The van der Waals surface area contributed by atoms with Gasteiger partial charge < -0.3 is 5.32 Å². The van der Waals surface area contributed by atoms with E-state index in [1.165, 1.54) is 12.8 Å². The second-order valence-electron chi connectivity index (χ2n) is 3.11. The third-order valence-electron chi connectivity index (χ3n) is 2.14. The summed E-state index contributed by atoms with van der Waals surface area (Å²) in [6.07, 6.45) is 3.17. The fraction of sp³-hybridized carbons (Fsp3) is 0.875. The van der Waals surface area contributed by atoms with Crippen LogP contribution in [0.2, 0.25) is 0 Å². The molecule has 0 aliphatic carbocycles. The highest BCUT2D eigenvalue weighted by atomic mass is 14.9. The van der Waals surface area contributed by atoms with E-state index < -0.39 is 0 Å². The highest BCUT2D eigenvalue weighted by Crippen LogP contribution is 2.16. The van der Waals surface area contributed by atoms with Gasteiger partial charge in [0.2, 0.25) is 0 Å². The molecule has 1 saturated heterocycles. The van der Waals surface area contributed by atoms with Gasteiger partial charge in [0.05, 0.1) is 6.07 Å². The van der Waals surface area contributed by atoms with Crippen LogP contribution in [0.3, 0.4) is 0 Å². The molecule has 0 aromatic heterocycles. The molecule has 10 heavy (non-hydrogen) atoms. The van der Waals surface area contributed by atoms with E-state index >= 15 is 0 Å². The van der Waals surface area contributed by atoms with Crippen LogP contribution < -0.4 is 5.32 Å². The third-order valence-corrected chi connectivity index (χ3v) is 2.14. The van der Waals surface area contributed by atoms with Gasteiger partial charge >= 0.3 is 0 Å². The number of nitrogens with one attached hydrogen (secondary N) is 1. The van der Waals surface area contributed by atoms with Gasteiger partial charge in [-0.25, -0.2) is 0 Å². The van der Waals surface area contributed by atoms with Crippen LogP contribution >= 0.6 is 0 Å². The molecule has 1 aliphatic heterocycles. The van der Waals surface area contributed by atoms with E-state index in [2.05, 4.69) is 18.3 Å². The summed E-state index contributed by atoms with van der Waals surface area (Å²) in [5.41, 5.74) is 0. The van der Waals surface area contributed by atoms with Crippen molar-refractivity contribution in [2.45, 2.75) is 32.2 Å². The van der Waals surface area contributed by atoms with Crippen molar-refractivity contribution in [2.24, 2.45) is 5.92 Å². The second-order valence-corrected chi connectivity index (χ2v) is 3.11. The molecule has 0 saturated carbocycles. The maximum atomic E-state index is 8.41. The fourth-order valence-corrected chi connectivity index (χ4v) is 1.36. The van der Waals surface area contributed by atoms with Gasteiger partial charge in [0.15, 0.2) is 0 Å². The van der Waals surface area contributed by atoms with Gasteiger partial charge in [-0.15, -0.1) is 0 Å². The zero-order chi connectivity index (χ0) is 7.40. The van der Waals surface area contributed by atoms with Crippen molar-refractivity contribution < 1.29 is 0 Å². The van der Waals surface area contributed by atoms with E-state index in [0.29, 0.717) is 12.0 Å². The Bertz CT molecular complexity index is 129. The molecule has 2 heteroatoms. The number of hydrogen-bond donors (Lipinski definition) is 1.